The molecule has 0 fully saturated rings. The van der Waals surface area contributed by atoms with Gasteiger partial charge < -0.3 is 9.84 Å². The molecule has 2 N–H and O–H groups in total. The van der Waals surface area contributed by atoms with Gasteiger partial charge >= 0.3 is 0 Å². The van der Waals surface area contributed by atoms with Gasteiger partial charge in [0.15, 0.2) is 0 Å². The second kappa shape index (κ2) is 7.86. The largest absolute Gasteiger partial charge is 0.497 e. The highest BCUT2D eigenvalue weighted by Crippen LogP contribution is 2.26. The molecule has 3 aromatic carbocycles. The maximum Gasteiger partial charge on any atom is 0.240 e. The molecule has 0 heterocycles. The van der Waals surface area contributed by atoms with Crippen LogP contribution in [0.5, 0.6) is 5.75 Å². The van der Waals surface area contributed by atoms with Crippen LogP contribution in [0.1, 0.15) is 18.1 Å². The summed E-state index contributed by atoms with van der Waals surface area (Å²) in [5.74, 6) is 0.593. The second-order valence-corrected chi connectivity index (χ2v) is 7.71. The van der Waals surface area contributed by atoms with Crippen molar-refractivity contribution in [1.82, 2.24) is 4.72 Å². The third kappa shape index (κ3) is 4.04. The van der Waals surface area contributed by atoms with E-state index in [4.69, 9.17) is 4.74 Å². The zero-order valence-electron chi connectivity index (χ0n) is 14.4. The minimum Gasteiger partial charge on any atom is -0.497 e. The van der Waals surface area contributed by atoms with E-state index in [0.29, 0.717) is 5.75 Å². The van der Waals surface area contributed by atoms with Gasteiger partial charge in [-0.2, -0.15) is 0 Å². The first-order valence-electron chi connectivity index (χ1n) is 8.31. The van der Waals surface area contributed by atoms with Crippen LogP contribution in [0.2, 0.25) is 0 Å². The van der Waals surface area contributed by atoms with Crippen LogP contribution in [-0.4, -0.2) is 27.2 Å². The first kappa shape index (κ1) is 18.4. The van der Waals surface area contributed by atoms with E-state index in [0.717, 1.165) is 16.3 Å². The summed E-state index contributed by atoms with van der Waals surface area (Å²) in [7, 11) is -2.10. The molecule has 0 bridgehead atoms. The number of sulfonamides is 1. The average molecular weight is 371 g/mol. The molecule has 0 unspecified atom stereocenters. The Kier molecular flexibility index (Phi) is 5.56. The monoisotopic (exact) mass is 371 g/mol. The summed E-state index contributed by atoms with van der Waals surface area (Å²) in [4.78, 5) is 0.165. The normalized spacial score (nSPS) is 12.8. The predicted octanol–water partition coefficient (Wildman–Crippen LogP) is 3.25. The summed E-state index contributed by atoms with van der Waals surface area (Å²) in [6.07, 6.45) is -0.469. The highest BCUT2D eigenvalue weighted by atomic mass is 32.2. The number of hydrogen-bond acceptors (Lipinski definition) is 4. The third-order valence-electron chi connectivity index (χ3n) is 4.26. The van der Waals surface area contributed by atoms with Gasteiger partial charge in [-0.1, -0.05) is 42.5 Å². The molecule has 0 saturated carbocycles. The molecule has 0 aliphatic rings. The number of aliphatic hydroxyl groups is 1. The van der Waals surface area contributed by atoms with Crippen molar-refractivity contribution in [2.45, 2.75) is 17.4 Å². The Hall–Kier alpha value is -2.41. The molecule has 1 atom stereocenters. The quantitative estimate of drug-likeness (QED) is 0.668. The van der Waals surface area contributed by atoms with Gasteiger partial charge in [-0.25, -0.2) is 13.1 Å². The van der Waals surface area contributed by atoms with E-state index in [1.54, 1.807) is 12.1 Å². The zero-order valence-corrected chi connectivity index (χ0v) is 15.2. The number of nitrogens with one attached hydrogen (secondary N) is 1. The number of hydrogen-bond donors (Lipinski definition) is 2. The molecule has 26 heavy (non-hydrogen) atoms. The molecular formula is C20H21NO4S. The highest BCUT2D eigenvalue weighted by molar-refractivity contribution is 7.89. The lowest BCUT2D eigenvalue weighted by Gasteiger charge is -2.14. The van der Waals surface area contributed by atoms with Crippen LogP contribution >= 0.6 is 0 Å². The van der Waals surface area contributed by atoms with Gasteiger partial charge in [0.25, 0.3) is 0 Å². The lowest BCUT2D eigenvalue weighted by Crippen LogP contribution is -2.26. The van der Waals surface area contributed by atoms with E-state index < -0.39 is 16.1 Å². The summed E-state index contributed by atoms with van der Waals surface area (Å²) in [6.45, 7) is 0.138. The lowest BCUT2D eigenvalue weighted by molar-refractivity contribution is 0.170. The Morgan fingerprint density at radius 1 is 1.00 bits per heavy atom. The zero-order chi connectivity index (χ0) is 18.6. The van der Waals surface area contributed by atoms with Crippen LogP contribution in [0.4, 0.5) is 0 Å². The Bertz CT molecular complexity index is 979. The van der Waals surface area contributed by atoms with E-state index in [2.05, 4.69) is 4.72 Å². The van der Waals surface area contributed by atoms with Crippen molar-refractivity contribution in [2.24, 2.45) is 0 Å². The van der Waals surface area contributed by atoms with Crippen LogP contribution in [0.15, 0.2) is 71.6 Å². The molecule has 0 aliphatic heterocycles. The summed E-state index contributed by atoms with van der Waals surface area (Å²) in [5.41, 5.74) is 0.798. The molecule has 136 valence electrons. The Morgan fingerprint density at radius 3 is 2.42 bits per heavy atom. The molecule has 6 heteroatoms. The van der Waals surface area contributed by atoms with Crippen molar-refractivity contribution in [2.75, 3.05) is 13.7 Å². The Labute approximate surface area is 153 Å². The third-order valence-corrected chi connectivity index (χ3v) is 5.74. The van der Waals surface area contributed by atoms with Crippen LogP contribution in [0.3, 0.4) is 0 Å². The molecule has 5 nitrogen and oxygen atoms in total. The van der Waals surface area contributed by atoms with Crippen molar-refractivity contribution < 1.29 is 18.3 Å². The molecule has 3 aromatic rings. The summed E-state index contributed by atoms with van der Waals surface area (Å²) >= 11 is 0. The molecule has 0 spiro atoms. The number of fused-ring (bicyclic) bond motifs is 1. The number of aliphatic hydroxyl groups excluding tert-OH is 1. The fourth-order valence-corrected chi connectivity index (χ4v) is 3.91. The number of benzene rings is 3. The Morgan fingerprint density at radius 2 is 1.69 bits per heavy atom. The van der Waals surface area contributed by atoms with Crippen LogP contribution in [-0.2, 0) is 10.0 Å². The van der Waals surface area contributed by atoms with Crippen molar-refractivity contribution in [1.29, 1.82) is 0 Å². The minimum absolute atomic E-state index is 0.138. The first-order chi connectivity index (χ1) is 12.5. The molecule has 0 aromatic heterocycles. The van der Waals surface area contributed by atoms with Gasteiger partial charge in [-0.15, -0.1) is 0 Å². The SMILES string of the molecule is COc1ccc(S(=O)(=O)NCC[C@H](O)c2cccc3ccccc23)cc1. The van der Waals surface area contributed by atoms with Crippen molar-refractivity contribution in [3.63, 3.8) is 0 Å². The molecule has 0 aliphatic carbocycles. The minimum atomic E-state index is -3.62. The maximum absolute atomic E-state index is 12.3. The van der Waals surface area contributed by atoms with Crippen LogP contribution in [0.25, 0.3) is 10.8 Å². The van der Waals surface area contributed by atoms with Gasteiger partial charge in [0, 0.05) is 6.54 Å². The Balaban J connectivity index is 1.66. The maximum atomic E-state index is 12.3. The number of ether oxygens (including phenoxy) is 1. The van der Waals surface area contributed by atoms with E-state index in [1.165, 1.54) is 19.2 Å². The summed E-state index contributed by atoms with van der Waals surface area (Å²) < 4.78 is 32.2. The first-order valence-corrected chi connectivity index (χ1v) is 9.79. The van der Waals surface area contributed by atoms with Crippen LogP contribution in [0, 0.1) is 0 Å². The number of rotatable bonds is 7. The van der Waals surface area contributed by atoms with E-state index in [9.17, 15) is 13.5 Å². The smallest absolute Gasteiger partial charge is 0.240 e. The van der Waals surface area contributed by atoms with Gasteiger partial charge in [-0.3, -0.25) is 0 Å². The molecular weight excluding hydrogens is 350 g/mol. The lowest BCUT2D eigenvalue weighted by atomic mass is 9.99. The summed E-state index contributed by atoms with van der Waals surface area (Å²) in [5, 5.41) is 12.5. The molecule has 0 saturated heterocycles. The van der Waals surface area contributed by atoms with E-state index in [-0.39, 0.29) is 17.9 Å². The standard InChI is InChI=1S/C20H21NO4S/c1-25-16-9-11-17(12-10-16)26(23,24)21-14-13-20(22)19-8-4-6-15-5-2-3-7-18(15)19/h2-12,20-22H,13-14H2,1H3/t20-/m0/s1. The molecule has 3 rings (SSSR count). The fraction of sp³-hybridized carbons (Fsp3) is 0.200. The van der Waals surface area contributed by atoms with Gasteiger partial charge in [-0.05, 0) is 47.0 Å². The number of methoxy groups -OCH3 is 1. The van der Waals surface area contributed by atoms with Crippen molar-refractivity contribution in [3.8, 4) is 5.75 Å². The topological polar surface area (TPSA) is 75.6 Å². The fourth-order valence-electron chi connectivity index (χ4n) is 2.86. The molecule has 0 radical (unpaired) electrons. The van der Waals surface area contributed by atoms with Gasteiger partial charge in [0.1, 0.15) is 5.75 Å². The molecule has 0 amide bonds. The van der Waals surface area contributed by atoms with E-state index >= 15 is 0 Å². The average Bonchev–Trinajstić information content (AvgIpc) is 2.67. The summed E-state index contributed by atoms with van der Waals surface area (Å²) in [6, 6.07) is 19.7. The predicted molar refractivity (Wildman–Crippen MR) is 102 cm³/mol. The second-order valence-electron chi connectivity index (χ2n) is 5.95. The highest BCUT2D eigenvalue weighted by Gasteiger charge is 2.16. The van der Waals surface area contributed by atoms with Crippen LogP contribution < -0.4 is 9.46 Å². The van der Waals surface area contributed by atoms with Gasteiger partial charge in [0.05, 0.1) is 18.1 Å². The van der Waals surface area contributed by atoms with Gasteiger partial charge in [0.2, 0.25) is 10.0 Å². The van der Waals surface area contributed by atoms with E-state index in [1.807, 2.05) is 42.5 Å². The van der Waals surface area contributed by atoms with Crippen molar-refractivity contribution >= 4 is 20.8 Å². The van der Waals surface area contributed by atoms with Crippen molar-refractivity contribution in [3.05, 3.63) is 72.3 Å².